The van der Waals surface area contributed by atoms with Crippen molar-refractivity contribution in [3.63, 3.8) is 0 Å². The largest absolute Gasteiger partial charge is 0.507 e. The molecule has 0 saturated carbocycles. The lowest BCUT2D eigenvalue weighted by molar-refractivity contribution is -0.118. The van der Waals surface area contributed by atoms with Crippen LogP contribution in [0.3, 0.4) is 0 Å². The van der Waals surface area contributed by atoms with E-state index in [1.807, 2.05) is 59.2 Å². The van der Waals surface area contributed by atoms with Crippen LogP contribution >= 0.6 is 11.8 Å². The maximum Gasteiger partial charge on any atom is 0.250 e. The highest BCUT2D eigenvalue weighted by Gasteiger charge is 2.18. The van der Waals surface area contributed by atoms with E-state index in [0.717, 1.165) is 16.8 Å². The number of ether oxygens (including phenoxy) is 2. The molecule has 9 nitrogen and oxygen atoms in total. The van der Waals surface area contributed by atoms with Crippen molar-refractivity contribution >= 4 is 23.9 Å². The summed E-state index contributed by atoms with van der Waals surface area (Å²) in [6, 6.07) is 20.5. The van der Waals surface area contributed by atoms with Crippen molar-refractivity contribution in [1.82, 2.24) is 20.2 Å². The van der Waals surface area contributed by atoms with Crippen LogP contribution < -0.4 is 14.9 Å². The fourth-order valence-corrected chi connectivity index (χ4v) is 4.45. The first kappa shape index (κ1) is 26.5. The molecule has 38 heavy (non-hydrogen) atoms. The Hall–Kier alpha value is -4.57. The van der Waals surface area contributed by atoms with Crippen molar-refractivity contribution in [1.29, 1.82) is 0 Å². The molecule has 0 bridgehead atoms. The first-order valence-corrected chi connectivity index (χ1v) is 12.6. The molecule has 10 heteroatoms. The summed E-state index contributed by atoms with van der Waals surface area (Å²) < 4.78 is 12.7. The van der Waals surface area contributed by atoms with Gasteiger partial charge in [-0.1, -0.05) is 48.2 Å². The quantitative estimate of drug-likeness (QED) is 0.126. The van der Waals surface area contributed by atoms with Crippen molar-refractivity contribution in [3.05, 3.63) is 90.5 Å². The average Bonchev–Trinajstić information content (AvgIpc) is 3.38. The minimum atomic E-state index is -0.330. The highest BCUT2D eigenvalue weighted by atomic mass is 32.2. The molecule has 2 N–H and O–H groups in total. The van der Waals surface area contributed by atoms with Crippen LogP contribution in [0.15, 0.2) is 89.6 Å². The zero-order valence-electron chi connectivity index (χ0n) is 21.0. The minimum absolute atomic E-state index is 0.0523. The Balaban J connectivity index is 1.52. The molecular formula is C28H27N5O4S. The van der Waals surface area contributed by atoms with E-state index in [1.165, 1.54) is 18.0 Å². The second-order valence-corrected chi connectivity index (χ2v) is 8.92. The number of rotatable bonds is 11. The number of amides is 1. The summed E-state index contributed by atoms with van der Waals surface area (Å²) in [4.78, 5) is 12.5. The summed E-state index contributed by atoms with van der Waals surface area (Å²) in [6.07, 6.45) is 3.65. The molecule has 1 heterocycles. The van der Waals surface area contributed by atoms with Gasteiger partial charge in [-0.3, -0.25) is 9.36 Å². The van der Waals surface area contributed by atoms with E-state index in [9.17, 15) is 9.90 Å². The standard InChI is InChI=1S/C28H27N5O4S/c1-4-9-19-10-8-11-21(26(19)35)17-29-30-25(34)18-38-28-32-31-27(33(28)22-12-6-5-7-13-22)20-14-15-23(36-2)24(16-20)37-3/h4-8,10-17,35H,1,9,18H2,2-3H3,(H,30,34)/b29-17-. The second kappa shape index (κ2) is 12.6. The van der Waals surface area contributed by atoms with Gasteiger partial charge in [-0.15, -0.1) is 16.8 Å². The van der Waals surface area contributed by atoms with Gasteiger partial charge in [0.1, 0.15) is 5.75 Å². The number of allylic oxidation sites excluding steroid dienone is 1. The first-order chi connectivity index (χ1) is 18.5. The van der Waals surface area contributed by atoms with E-state index in [-0.39, 0.29) is 17.4 Å². The molecule has 0 radical (unpaired) electrons. The summed E-state index contributed by atoms with van der Waals surface area (Å²) in [5.41, 5.74) is 5.35. The fraction of sp³-hybridized carbons (Fsp3) is 0.143. The Labute approximate surface area is 224 Å². The molecule has 1 aromatic heterocycles. The van der Waals surface area contributed by atoms with Crippen molar-refractivity contribution in [2.24, 2.45) is 5.10 Å². The molecular weight excluding hydrogens is 502 g/mol. The van der Waals surface area contributed by atoms with Gasteiger partial charge in [0, 0.05) is 16.8 Å². The molecule has 0 aliphatic carbocycles. The minimum Gasteiger partial charge on any atom is -0.507 e. The third-order valence-electron chi connectivity index (χ3n) is 5.53. The van der Waals surface area contributed by atoms with Crippen LogP contribution in [0, 0.1) is 0 Å². The van der Waals surface area contributed by atoms with Crippen LogP contribution in [0.25, 0.3) is 17.1 Å². The molecule has 0 fully saturated rings. The van der Waals surface area contributed by atoms with Gasteiger partial charge in [0.05, 0.1) is 26.2 Å². The molecule has 3 aromatic carbocycles. The van der Waals surface area contributed by atoms with E-state index in [4.69, 9.17) is 9.47 Å². The molecule has 0 saturated heterocycles. The van der Waals surface area contributed by atoms with E-state index in [1.54, 1.807) is 32.4 Å². The van der Waals surface area contributed by atoms with Gasteiger partial charge >= 0.3 is 0 Å². The summed E-state index contributed by atoms with van der Waals surface area (Å²) in [5, 5.41) is 23.6. The highest BCUT2D eigenvalue weighted by molar-refractivity contribution is 7.99. The average molecular weight is 530 g/mol. The maximum absolute atomic E-state index is 12.5. The van der Waals surface area contributed by atoms with Gasteiger partial charge in [0.25, 0.3) is 5.91 Å². The maximum atomic E-state index is 12.5. The molecule has 4 aromatic rings. The number of carbonyl (C=O) groups is 1. The molecule has 0 aliphatic rings. The molecule has 0 unspecified atom stereocenters. The molecule has 4 rings (SSSR count). The molecule has 0 spiro atoms. The zero-order chi connectivity index (χ0) is 26.9. The third kappa shape index (κ3) is 6.04. The summed E-state index contributed by atoms with van der Waals surface area (Å²) in [7, 11) is 3.15. The fourth-order valence-electron chi connectivity index (χ4n) is 3.71. The lowest BCUT2D eigenvalue weighted by Crippen LogP contribution is -2.20. The van der Waals surface area contributed by atoms with E-state index in [0.29, 0.717) is 34.5 Å². The highest BCUT2D eigenvalue weighted by Crippen LogP contribution is 2.34. The lowest BCUT2D eigenvalue weighted by Gasteiger charge is -2.12. The van der Waals surface area contributed by atoms with Crippen LogP contribution in [0.2, 0.25) is 0 Å². The smallest absolute Gasteiger partial charge is 0.250 e. The molecule has 1 amide bonds. The number of nitrogens with zero attached hydrogens (tertiary/aromatic N) is 4. The number of hydrazone groups is 1. The Kier molecular flexibility index (Phi) is 8.78. The number of aromatic nitrogens is 3. The Bertz CT molecular complexity index is 1450. The Morgan fingerprint density at radius 2 is 1.87 bits per heavy atom. The van der Waals surface area contributed by atoms with Crippen molar-refractivity contribution in [2.45, 2.75) is 11.6 Å². The van der Waals surface area contributed by atoms with E-state index in [2.05, 4.69) is 27.3 Å². The van der Waals surface area contributed by atoms with Gasteiger partial charge in [0.15, 0.2) is 22.5 Å². The van der Waals surface area contributed by atoms with Crippen molar-refractivity contribution < 1.29 is 19.4 Å². The lowest BCUT2D eigenvalue weighted by atomic mass is 10.1. The SMILES string of the molecule is C=CCc1cccc(/C=N\NC(=O)CSc2nnc(-c3ccc(OC)c(OC)c3)n2-c2ccccc2)c1O. The van der Waals surface area contributed by atoms with Gasteiger partial charge in [0.2, 0.25) is 0 Å². The number of aromatic hydroxyl groups is 1. The van der Waals surface area contributed by atoms with Crippen molar-refractivity contribution in [3.8, 4) is 34.3 Å². The van der Waals surface area contributed by atoms with Crippen LogP contribution in [0.4, 0.5) is 0 Å². The normalized spacial score (nSPS) is 10.9. The van der Waals surface area contributed by atoms with Gasteiger partial charge in [-0.25, -0.2) is 5.43 Å². The number of nitrogens with one attached hydrogen (secondary N) is 1. The molecule has 0 atom stereocenters. The van der Waals surface area contributed by atoms with Crippen molar-refractivity contribution in [2.75, 3.05) is 20.0 Å². The van der Waals surface area contributed by atoms with Gasteiger partial charge in [-0.2, -0.15) is 5.10 Å². The van der Waals surface area contributed by atoms with Crippen LogP contribution in [-0.2, 0) is 11.2 Å². The summed E-state index contributed by atoms with van der Waals surface area (Å²) in [5.74, 6) is 1.60. The number of phenols is 1. The number of methoxy groups -OCH3 is 2. The third-order valence-corrected chi connectivity index (χ3v) is 6.46. The second-order valence-electron chi connectivity index (χ2n) is 7.98. The van der Waals surface area contributed by atoms with Gasteiger partial charge in [-0.05, 0) is 48.4 Å². The number of thioether (sulfide) groups is 1. The molecule has 194 valence electrons. The van der Waals surface area contributed by atoms with Crippen LogP contribution in [0.5, 0.6) is 17.2 Å². The zero-order valence-corrected chi connectivity index (χ0v) is 21.8. The number of phenolic OH excluding ortho intramolecular Hbond substituents is 1. The van der Waals surface area contributed by atoms with Crippen LogP contribution in [-0.4, -0.2) is 52.0 Å². The van der Waals surface area contributed by atoms with Crippen LogP contribution in [0.1, 0.15) is 11.1 Å². The van der Waals surface area contributed by atoms with E-state index >= 15 is 0 Å². The molecule has 0 aliphatic heterocycles. The predicted octanol–water partition coefficient (Wildman–Crippen LogP) is 4.63. The monoisotopic (exact) mass is 529 g/mol. The number of carbonyl (C=O) groups excluding carboxylic acids is 1. The van der Waals surface area contributed by atoms with E-state index < -0.39 is 0 Å². The Morgan fingerprint density at radius 1 is 1.08 bits per heavy atom. The Morgan fingerprint density at radius 3 is 2.61 bits per heavy atom. The number of hydrogen-bond donors (Lipinski definition) is 2. The predicted molar refractivity (Wildman–Crippen MR) is 148 cm³/mol. The summed E-state index contributed by atoms with van der Waals surface area (Å²) in [6.45, 7) is 3.69. The topological polar surface area (TPSA) is 111 Å². The summed E-state index contributed by atoms with van der Waals surface area (Å²) >= 11 is 1.23. The number of hydrogen-bond acceptors (Lipinski definition) is 8. The first-order valence-electron chi connectivity index (χ1n) is 11.7. The number of para-hydroxylation sites is 2. The number of benzene rings is 3. The van der Waals surface area contributed by atoms with Gasteiger partial charge < -0.3 is 14.6 Å².